The Hall–Kier alpha value is -3.81. The number of aromatic hydroxyl groups is 2. The van der Waals surface area contributed by atoms with Crippen molar-refractivity contribution in [2.45, 2.75) is 45.2 Å². The van der Waals surface area contributed by atoms with Crippen LogP contribution in [0.1, 0.15) is 53.6 Å². The number of anilines is 2. The molecule has 2 aromatic carbocycles. The van der Waals surface area contributed by atoms with Crippen molar-refractivity contribution in [1.82, 2.24) is 9.97 Å². The quantitative estimate of drug-likeness (QED) is 0.399. The molecule has 0 radical (unpaired) electrons. The molecule has 1 saturated carbocycles. The average molecular weight is 463 g/mol. The highest BCUT2D eigenvalue weighted by atomic mass is 16.5. The first-order valence-corrected chi connectivity index (χ1v) is 11.6. The summed E-state index contributed by atoms with van der Waals surface area (Å²) in [6.07, 6.45) is 6.57. The molecule has 8 nitrogen and oxygen atoms in total. The molecule has 4 N–H and O–H groups in total. The Balaban J connectivity index is 1.66. The van der Waals surface area contributed by atoms with Gasteiger partial charge in [-0.05, 0) is 54.2 Å². The maximum atomic E-state index is 12.2. The number of aldehydes is 1. The fourth-order valence-electron chi connectivity index (χ4n) is 4.31. The van der Waals surface area contributed by atoms with Gasteiger partial charge in [-0.2, -0.15) is 9.97 Å². The summed E-state index contributed by atoms with van der Waals surface area (Å²) in [6.45, 7) is 1.30. The second kappa shape index (κ2) is 10.9. The third-order valence-electron chi connectivity index (χ3n) is 6.13. The zero-order chi connectivity index (χ0) is 23.9. The Bertz CT molecular complexity index is 1050. The van der Waals surface area contributed by atoms with E-state index in [1.807, 2.05) is 29.2 Å². The monoisotopic (exact) mass is 462 g/mol. The molecule has 4 rings (SSSR count). The summed E-state index contributed by atoms with van der Waals surface area (Å²) in [5.74, 6) is 1.39. The molecule has 1 fully saturated rings. The minimum Gasteiger partial charge on any atom is -0.508 e. The van der Waals surface area contributed by atoms with E-state index >= 15 is 0 Å². The maximum Gasteiger partial charge on any atom is 0.231 e. The zero-order valence-corrected chi connectivity index (χ0v) is 19.1. The SMILES string of the molecule is Nc1nc(OCC2CCCCC2)c(C=O)c(N(Cc2ccc(O)cc2)Cc2ccc(O)cc2)n1. The number of nitrogens with zero attached hydrogens (tertiary/aromatic N) is 3. The number of hydrogen-bond donors (Lipinski definition) is 3. The molecule has 34 heavy (non-hydrogen) atoms. The van der Waals surface area contributed by atoms with Crippen molar-refractivity contribution < 1.29 is 19.7 Å². The topological polar surface area (TPSA) is 122 Å². The van der Waals surface area contributed by atoms with Gasteiger partial charge in [0.2, 0.25) is 11.8 Å². The summed E-state index contributed by atoms with van der Waals surface area (Å²) >= 11 is 0. The van der Waals surface area contributed by atoms with Gasteiger partial charge >= 0.3 is 0 Å². The van der Waals surface area contributed by atoms with Crippen molar-refractivity contribution >= 4 is 18.1 Å². The molecule has 0 aliphatic heterocycles. The number of aromatic nitrogens is 2. The maximum absolute atomic E-state index is 12.2. The van der Waals surface area contributed by atoms with Crippen LogP contribution in [0.4, 0.5) is 11.8 Å². The van der Waals surface area contributed by atoms with Crippen LogP contribution >= 0.6 is 0 Å². The van der Waals surface area contributed by atoms with E-state index in [0.29, 0.717) is 37.7 Å². The van der Waals surface area contributed by atoms with Gasteiger partial charge in [-0.1, -0.05) is 43.5 Å². The molecular formula is C26H30N4O4. The van der Waals surface area contributed by atoms with Crippen LogP contribution in [0, 0.1) is 5.92 Å². The largest absolute Gasteiger partial charge is 0.508 e. The molecular weight excluding hydrogens is 432 g/mol. The van der Waals surface area contributed by atoms with E-state index in [0.717, 1.165) is 24.0 Å². The van der Waals surface area contributed by atoms with Gasteiger partial charge in [-0.15, -0.1) is 0 Å². The highest BCUT2D eigenvalue weighted by molar-refractivity contribution is 5.86. The highest BCUT2D eigenvalue weighted by Crippen LogP contribution is 2.30. The van der Waals surface area contributed by atoms with Crippen molar-refractivity contribution in [3.8, 4) is 17.4 Å². The molecule has 3 aromatic rings. The molecule has 0 spiro atoms. The van der Waals surface area contributed by atoms with Gasteiger partial charge < -0.3 is 25.6 Å². The molecule has 0 atom stereocenters. The number of phenols is 2. The van der Waals surface area contributed by atoms with E-state index in [1.165, 1.54) is 19.3 Å². The summed E-state index contributed by atoms with van der Waals surface area (Å²) in [4.78, 5) is 22.8. The zero-order valence-electron chi connectivity index (χ0n) is 19.1. The first-order valence-electron chi connectivity index (χ1n) is 11.6. The number of phenolic OH excluding ortho intramolecular Hbond substituents is 2. The van der Waals surface area contributed by atoms with E-state index < -0.39 is 0 Å². The number of rotatable bonds is 9. The molecule has 1 heterocycles. The number of carbonyl (C=O) groups excluding carboxylic acids is 1. The van der Waals surface area contributed by atoms with Gasteiger partial charge in [0.05, 0.1) is 6.61 Å². The van der Waals surface area contributed by atoms with Crippen LogP contribution < -0.4 is 15.4 Å². The summed E-state index contributed by atoms with van der Waals surface area (Å²) in [6, 6.07) is 13.7. The lowest BCUT2D eigenvalue weighted by molar-refractivity contribution is 0.111. The van der Waals surface area contributed by atoms with Crippen LogP contribution in [0.2, 0.25) is 0 Å². The average Bonchev–Trinajstić information content (AvgIpc) is 2.85. The second-order valence-corrected chi connectivity index (χ2v) is 8.75. The Kier molecular flexibility index (Phi) is 7.47. The minimum atomic E-state index is 0.0284. The Morgan fingerprint density at radius 3 is 2.00 bits per heavy atom. The second-order valence-electron chi connectivity index (χ2n) is 8.75. The van der Waals surface area contributed by atoms with Crippen LogP contribution in [0.5, 0.6) is 17.4 Å². The number of carbonyl (C=O) groups is 1. The van der Waals surface area contributed by atoms with Gasteiger partial charge in [0.1, 0.15) is 22.9 Å². The number of nitrogen functional groups attached to an aromatic ring is 1. The molecule has 0 bridgehead atoms. The smallest absolute Gasteiger partial charge is 0.231 e. The fraction of sp³-hybridized carbons (Fsp3) is 0.346. The van der Waals surface area contributed by atoms with Crippen molar-refractivity contribution in [3.63, 3.8) is 0 Å². The van der Waals surface area contributed by atoms with Crippen LogP contribution in [0.3, 0.4) is 0 Å². The Morgan fingerprint density at radius 1 is 0.912 bits per heavy atom. The molecule has 8 heteroatoms. The summed E-state index contributed by atoms with van der Waals surface area (Å²) < 4.78 is 6.02. The highest BCUT2D eigenvalue weighted by Gasteiger charge is 2.22. The normalized spacial score (nSPS) is 14.0. The van der Waals surface area contributed by atoms with Crippen LogP contribution in [0.25, 0.3) is 0 Å². The molecule has 1 aromatic heterocycles. The summed E-state index contributed by atoms with van der Waals surface area (Å²) in [7, 11) is 0. The fourth-order valence-corrected chi connectivity index (χ4v) is 4.31. The van der Waals surface area contributed by atoms with E-state index in [1.54, 1.807) is 24.3 Å². The van der Waals surface area contributed by atoms with Gasteiger partial charge in [0.15, 0.2) is 6.29 Å². The van der Waals surface area contributed by atoms with Crippen LogP contribution in [0.15, 0.2) is 48.5 Å². The third kappa shape index (κ3) is 5.95. The van der Waals surface area contributed by atoms with Gasteiger partial charge in [0.25, 0.3) is 0 Å². The van der Waals surface area contributed by atoms with Gasteiger partial charge in [-0.3, -0.25) is 4.79 Å². The van der Waals surface area contributed by atoms with Crippen LogP contribution in [-0.2, 0) is 13.1 Å². The predicted octanol–water partition coefficient (Wildman–Crippen LogP) is 4.45. The molecule has 1 aliphatic rings. The number of hydrogen-bond acceptors (Lipinski definition) is 8. The number of ether oxygens (including phenoxy) is 1. The number of nitrogens with two attached hydrogens (primary N) is 1. The molecule has 0 unspecified atom stereocenters. The van der Waals surface area contributed by atoms with E-state index in [9.17, 15) is 15.0 Å². The Labute approximate surface area is 199 Å². The Morgan fingerprint density at radius 2 is 1.47 bits per heavy atom. The third-order valence-corrected chi connectivity index (χ3v) is 6.13. The van der Waals surface area contributed by atoms with Crippen molar-refractivity contribution in [1.29, 1.82) is 0 Å². The first kappa shape index (κ1) is 23.4. The standard InChI is InChI=1S/C26H30N4O4/c27-26-28-24(23(16-31)25(29-26)34-17-20-4-2-1-3-5-20)30(14-18-6-10-21(32)11-7-18)15-19-8-12-22(33)13-9-19/h6-13,16,20,32-33H,1-5,14-15,17H2,(H2,27,28,29). The first-order chi connectivity index (χ1) is 16.5. The molecule has 178 valence electrons. The lowest BCUT2D eigenvalue weighted by Gasteiger charge is -2.27. The van der Waals surface area contributed by atoms with Crippen molar-refractivity contribution in [2.75, 3.05) is 17.2 Å². The van der Waals surface area contributed by atoms with Gasteiger partial charge in [0, 0.05) is 13.1 Å². The van der Waals surface area contributed by atoms with Crippen molar-refractivity contribution in [2.24, 2.45) is 5.92 Å². The molecule has 0 amide bonds. The minimum absolute atomic E-state index is 0.0284. The number of benzene rings is 2. The van der Waals surface area contributed by atoms with E-state index in [2.05, 4.69) is 9.97 Å². The molecule has 1 aliphatic carbocycles. The van der Waals surface area contributed by atoms with E-state index in [-0.39, 0.29) is 28.9 Å². The summed E-state index contributed by atoms with van der Waals surface area (Å²) in [5.41, 5.74) is 8.12. The predicted molar refractivity (Wildman–Crippen MR) is 130 cm³/mol. The molecule has 0 saturated heterocycles. The lowest BCUT2D eigenvalue weighted by atomic mass is 9.90. The summed E-state index contributed by atoms with van der Waals surface area (Å²) in [5, 5.41) is 19.3. The van der Waals surface area contributed by atoms with E-state index in [4.69, 9.17) is 10.5 Å². The van der Waals surface area contributed by atoms with Crippen LogP contribution in [-0.4, -0.2) is 33.1 Å². The van der Waals surface area contributed by atoms with Crippen molar-refractivity contribution in [3.05, 3.63) is 65.2 Å². The lowest BCUT2D eigenvalue weighted by Crippen LogP contribution is -2.26. The van der Waals surface area contributed by atoms with Gasteiger partial charge in [-0.25, -0.2) is 0 Å².